The Bertz CT molecular complexity index is 876. The lowest BCUT2D eigenvalue weighted by Gasteiger charge is -2.06. The van der Waals surface area contributed by atoms with Gasteiger partial charge in [0.15, 0.2) is 5.65 Å². The minimum absolute atomic E-state index is 0.00257. The topological polar surface area (TPSA) is 93.5 Å². The number of aromatic carboxylic acids is 1. The van der Waals surface area contributed by atoms with Crippen molar-refractivity contribution in [1.29, 1.82) is 0 Å². The maximum Gasteiger partial charge on any atom is 0.339 e. The predicted molar refractivity (Wildman–Crippen MR) is 79.8 cm³/mol. The fraction of sp³-hybridized carbons (Fsp3) is 0. The average molecular weight is 323 g/mol. The molecule has 0 fully saturated rings. The Labute approximate surface area is 128 Å². The predicted octanol–water partition coefficient (Wildman–Crippen LogP) is 2.98. The molecule has 0 saturated carbocycles. The minimum atomic E-state index is -1.12. The number of anilines is 1. The van der Waals surface area contributed by atoms with Crippen molar-refractivity contribution in [3.05, 3.63) is 46.1 Å². The second-order valence-electron chi connectivity index (χ2n) is 4.31. The lowest BCUT2D eigenvalue weighted by Crippen LogP contribution is -2.02. The second kappa shape index (κ2) is 4.91. The van der Waals surface area contributed by atoms with E-state index in [0.717, 1.165) is 0 Å². The normalized spacial score (nSPS) is 11.0. The number of rotatable bonds is 2. The molecule has 0 aliphatic heterocycles. The van der Waals surface area contributed by atoms with Crippen LogP contribution in [0.5, 0.6) is 0 Å². The van der Waals surface area contributed by atoms with Crippen molar-refractivity contribution in [3.63, 3.8) is 0 Å². The maximum absolute atomic E-state index is 11.4. The number of pyridine rings is 1. The summed E-state index contributed by atoms with van der Waals surface area (Å²) >= 11 is 11.9. The van der Waals surface area contributed by atoms with Gasteiger partial charge >= 0.3 is 5.97 Å². The van der Waals surface area contributed by atoms with E-state index in [-0.39, 0.29) is 17.2 Å². The average Bonchev–Trinajstić information content (AvgIpc) is 2.80. The molecule has 0 spiro atoms. The standard InChI is InChI=1S/C13H8Cl2N4O2/c14-9-2-1-6(4-10(9)15)7-3-8(12(20)21)11-17-13(16)18-19(11)5-7/h1-5H,(H2,16,18)(H,20,21). The minimum Gasteiger partial charge on any atom is -0.478 e. The van der Waals surface area contributed by atoms with Gasteiger partial charge < -0.3 is 10.8 Å². The van der Waals surface area contributed by atoms with E-state index >= 15 is 0 Å². The number of nitrogens with zero attached hydrogens (tertiary/aromatic N) is 3. The van der Waals surface area contributed by atoms with Gasteiger partial charge in [0, 0.05) is 11.8 Å². The van der Waals surface area contributed by atoms with Crippen molar-refractivity contribution in [2.24, 2.45) is 0 Å². The van der Waals surface area contributed by atoms with Crippen LogP contribution in [0.3, 0.4) is 0 Å². The van der Waals surface area contributed by atoms with Gasteiger partial charge in [-0.1, -0.05) is 29.3 Å². The van der Waals surface area contributed by atoms with E-state index in [4.69, 9.17) is 28.9 Å². The lowest BCUT2D eigenvalue weighted by molar-refractivity contribution is 0.0698. The fourth-order valence-corrected chi connectivity index (χ4v) is 2.29. The van der Waals surface area contributed by atoms with E-state index in [9.17, 15) is 9.90 Å². The number of halogens is 2. The summed E-state index contributed by atoms with van der Waals surface area (Å²) in [7, 11) is 0. The summed E-state index contributed by atoms with van der Waals surface area (Å²) in [6.07, 6.45) is 1.63. The smallest absolute Gasteiger partial charge is 0.339 e. The van der Waals surface area contributed by atoms with Gasteiger partial charge in [-0.25, -0.2) is 9.31 Å². The van der Waals surface area contributed by atoms with Crippen LogP contribution in [0.15, 0.2) is 30.5 Å². The van der Waals surface area contributed by atoms with Crippen LogP contribution < -0.4 is 5.73 Å². The van der Waals surface area contributed by atoms with Crippen LogP contribution >= 0.6 is 23.2 Å². The van der Waals surface area contributed by atoms with Gasteiger partial charge in [0.1, 0.15) is 5.56 Å². The number of carboxylic acids is 1. The number of fused-ring (bicyclic) bond motifs is 1. The number of nitrogen functional groups attached to an aromatic ring is 1. The number of aromatic nitrogens is 3. The number of carbonyl (C=O) groups is 1. The van der Waals surface area contributed by atoms with Gasteiger partial charge in [0.05, 0.1) is 10.0 Å². The van der Waals surface area contributed by atoms with Crippen LogP contribution in [-0.2, 0) is 0 Å². The highest BCUT2D eigenvalue weighted by Crippen LogP contribution is 2.29. The number of carboxylic acid groups (broad SMARTS) is 1. The largest absolute Gasteiger partial charge is 0.478 e. The van der Waals surface area contributed by atoms with Crippen LogP contribution in [0.2, 0.25) is 10.0 Å². The molecule has 1 aromatic carbocycles. The first-order chi connectivity index (χ1) is 9.95. The van der Waals surface area contributed by atoms with Crippen LogP contribution in [0.4, 0.5) is 5.95 Å². The third kappa shape index (κ3) is 2.39. The van der Waals surface area contributed by atoms with Crippen LogP contribution in [0, 0.1) is 0 Å². The summed E-state index contributed by atoms with van der Waals surface area (Å²) in [4.78, 5) is 15.3. The molecule has 0 aliphatic carbocycles. The Morgan fingerprint density at radius 2 is 1.95 bits per heavy atom. The van der Waals surface area contributed by atoms with E-state index < -0.39 is 5.97 Å². The molecule has 0 amide bonds. The number of nitrogens with two attached hydrogens (primary N) is 1. The zero-order valence-electron chi connectivity index (χ0n) is 10.4. The summed E-state index contributed by atoms with van der Waals surface area (Å²) < 4.78 is 1.33. The molecule has 3 rings (SSSR count). The second-order valence-corrected chi connectivity index (χ2v) is 5.13. The Hall–Kier alpha value is -2.31. The molecule has 0 aliphatic rings. The van der Waals surface area contributed by atoms with Gasteiger partial charge in [-0.3, -0.25) is 0 Å². The summed E-state index contributed by atoms with van der Waals surface area (Å²) in [5.74, 6) is -1.11. The SMILES string of the molecule is Nc1nc2c(C(=O)O)cc(-c3ccc(Cl)c(Cl)c3)cn2n1. The van der Waals surface area contributed by atoms with Crippen molar-refractivity contribution in [3.8, 4) is 11.1 Å². The zero-order chi connectivity index (χ0) is 15.1. The van der Waals surface area contributed by atoms with Gasteiger partial charge in [-0.2, -0.15) is 4.98 Å². The van der Waals surface area contributed by atoms with Gasteiger partial charge in [0.2, 0.25) is 5.95 Å². The molecular weight excluding hydrogens is 315 g/mol. The molecule has 0 radical (unpaired) electrons. The highest BCUT2D eigenvalue weighted by Gasteiger charge is 2.15. The molecule has 0 unspecified atom stereocenters. The van der Waals surface area contributed by atoms with Crippen LogP contribution in [-0.4, -0.2) is 25.7 Å². The first kappa shape index (κ1) is 13.7. The number of benzene rings is 1. The van der Waals surface area contributed by atoms with E-state index in [1.807, 2.05) is 0 Å². The van der Waals surface area contributed by atoms with Crippen molar-refractivity contribution >= 4 is 40.8 Å². The molecule has 3 N–H and O–H groups in total. The first-order valence-electron chi connectivity index (χ1n) is 5.80. The molecule has 2 aromatic heterocycles. The monoisotopic (exact) mass is 322 g/mol. The van der Waals surface area contributed by atoms with E-state index in [1.165, 1.54) is 10.6 Å². The maximum atomic E-state index is 11.4. The summed E-state index contributed by atoms with van der Waals surface area (Å²) in [6, 6.07) is 6.52. The van der Waals surface area contributed by atoms with Crippen LogP contribution in [0.1, 0.15) is 10.4 Å². The molecule has 106 valence electrons. The van der Waals surface area contributed by atoms with Gasteiger partial charge in [-0.15, -0.1) is 5.10 Å². The lowest BCUT2D eigenvalue weighted by atomic mass is 10.1. The molecule has 0 bridgehead atoms. The van der Waals surface area contributed by atoms with Gasteiger partial charge in [0.25, 0.3) is 0 Å². The summed E-state index contributed by atoms with van der Waals surface area (Å²) in [5.41, 5.74) is 7.03. The van der Waals surface area contributed by atoms with E-state index in [0.29, 0.717) is 21.2 Å². The Morgan fingerprint density at radius 3 is 2.62 bits per heavy atom. The van der Waals surface area contributed by atoms with Crippen molar-refractivity contribution in [2.75, 3.05) is 5.73 Å². The zero-order valence-corrected chi connectivity index (χ0v) is 11.9. The molecule has 0 atom stereocenters. The van der Waals surface area contributed by atoms with Crippen molar-refractivity contribution in [1.82, 2.24) is 14.6 Å². The first-order valence-corrected chi connectivity index (χ1v) is 6.56. The summed E-state index contributed by atoms with van der Waals surface area (Å²) in [6.45, 7) is 0. The highest BCUT2D eigenvalue weighted by atomic mass is 35.5. The Balaban J connectivity index is 2.27. The highest BCUT2D eigenvalue weighted by molar-refractivity contribution is 6.42. The van der Waals surface area contributed by atoms with E-state index in [2.05, 4.69) is 10.1 Å². The molecule has 0 saturated heterocycles. The van der Waals surface area contributed by atoms with Crippen molar-refractivity contribution in [2.45, 2.75) is 0 Å². The molecule has 21 heavy (non-hydrogen) atoms. The third-order valence-corrected chi connectivity index (χ3v) is 3.67. The Kier molecular flexibility index (Phi) is 3.19. The van der Waals surface area contributed by atoms with Gasteiger partial charge in [-0.05, 0) is 23.8 Å². The third-order valence-electron chi connectivity index (χ3n) is 2.93. The Morgan fingerprint density at radius 1 is 1.19 bits per heavy atom. The summed E-state index contributed by atoms with van der Waals surface area (Å²) in [5, 5.41) is 14.0. The molecule has 3 aromatic rings. The molecule has 8 heteroatoms. The van der Waals surface area contributed by atoms with Crippen molar-refractivity contribution < 1.29 is 9.90 Å². The molecule has 2 heterocycles. The number of hydrogen-bond acceptors (Lipinski definition) is 4. The molecular formula is C13H8Cl2N4O2. The number of hydrogen-bond donors (Lipinski definition) is 2. The fourth-order valence-electron chi connectivity index (χ4n) is 1.99. The van der Waals surface area contributed by atoms with Crippen LogP contribution in [0.25, 0.3) is 16.8 Å². The molecule has 6 nitrogen and oxygen atoms in total. The van der Waals surface area contributed by atoms with E-state index in [1.54, 1.807) is 24.4 Å². The quantitative estimate of drug-likeness (QED) is 0.756.